The molecule has 2 heteroatoms. The van der Waals surface area contributed by atoms with Crippen LogP contribution in [0.2, 0.25) is 0 Å². The Morgan fingerprint density at radius 2 is 1.75 bits per heavy atom. The maximum atomic E-state index is 9.37. The van der Waals surface area contributed by atoms with Crippen LogP contribution in [0.3, 0.4) is 0 Å². The van der Waals surface area contributed by atoms with Crippen molar-refractivity contribution in [2.24, 2.45) is 0 Å². The first-order chi connectivity index (χ1) is 7.70. The molecule has 1 fully saturated rings. The Balaban J connectivity index is 2.05. The van der Waals surface area contributed by atoms with Gasteiger partial charge in [-0.2, -0.15) is 0 Å². The van der Waals surface area contributed by atoms with Crippen molar-refractivity contribution in [2.75, 3.05) is 6.61 Å². The van der Waals surface area contributed by atoms with E-state index in [1.54, 1.807) is 0 Å². The number of hydrogen-bond acceptors (Lipinski definition) is 2. The lowest BCUT2D eigenvalue weighted by molar-refractivity contribution is 0.243. The van der Waals surface area contributed by atoms with Gasteiger partial charge >= 0.3 is 0 Å². The molecule has 1 aliphatic rings. The summed E-state index contributed by atoms with van der Waals surface area (Å²) in [6, 6.07) is 9.32. The van der Waals surface area contributed by atoms with Gasteiger partial charge in [0.2, 0.25) is 0 Å². The fourth-order valence-corrected chi connectivity index (χ4v) is 1.90. The molecule has 1 unspecified atom stereocenters. The van der Waals surface area contributed by atoms with Crippen LogP contribution in [0.5, 0.6) is 0 Å². The van der Waals surface area contributed by atoms with E-state index < -0.39 is 0 Å². The summed E-state index contributed by atoms with van der Waals surface area (Å²) in [7, 11) is 0. The Morgan fingerprint density at radius 3 is 2.19 bits per heavy atom. The van der Waals surface area contributed by atoms with Crippen molar-refractivity contribution in [1.82, 2.24) is 5.32 Å². The van der Waals surface area contributed by atoms with E-state index in [2.05, 4.69) is 43.4 Å². The molecular formula is C14H21NO. The monoisotopic (exact) mass is 219 g/mol. The zero-order valence-electron chi connectivity index (χ0n) is 10.1. The Hall–Kier alpha value is -0.860. The van der Waals surface area contributed by atoms with E-state index in [-0.39, 0.29) is 12.6 Å². The Bertz CT molecular complexity index is 327. The van der Waals surface area contributed by atoms with Crippen molar-refractivity contribution in [2.45, 2.75) is 44.7 Å². The van der Waals surface area contributed by atoms with E-state index in [0.717, 1.165) is 0 Å². The molecule has 1 aliphatic carbocycles. The van der Waals surface area contributed by atoms with Gasteiger partial charge in [0.05, 0.1) is 12.6 Å². The standard InChI is InChI=1S/C14H21NO/c1-10(2)11-3-5-12(6-4-11)14(9-16)15-13-7-8-13/h3-6,10,13-16H,7-9H2,1-2H3. The highest BCUT2D eigenvalue weighted by molar-refractivity contribution is 5.27. The SMILES string of the molecule is CC(C)c1ccc(C(CO)NC2CC2)cc1. The quantitative estimate of drug-likeness (QED) is 0.798. The molecule has 0 heterocycles. The second-order valence-corrected chi connectivity index (χ2v) is 5.00. The van der Waals surface area contributed by atoms with Gasteiger partial charge in [-0.3, -0.25) is 0 Å². The molecule has 1 aromatic carbocycles. The molecule has 2 nitrogen and oxygen atoms in total. The highest BCUT2D eigenvalue weighted by atomic mass is 16.3. The normalized spacial score (nSPS) is 17.8. The van der Waals surface area contributed by atoms with Crippen molar-refractivity contribution in [1.29, 1.82) is 0 Å². The average Bonchev–Trinajstić information content (AvgIpc) is 3.10. The van der Waals surface area contributed by atoms with Gasteiger partial charge in [0.25, 0.3) is 0 Å². The summed E-state index contributed by atoms with van der Waals surface area (Å²) in [6.45, 7) is 4.57. The minimum absolute atomic E-state index is 0.105. The first kappa shape index (κ1) is 11.6. The Kier molecular flexibility index (Phi) is 3.62. The van der Waals surface area contributed by atoms with Crippen LogP contribution in [-0.2, 0) is 0 Å². The third-order valence-electron chi connectivity index (χ3n) is 3.20. The molecule has 0 aromatic heterocycles. The van der Waals surface area contributed by atoms with Crippen LogP contribution in [-0.4, -0.2) is 17.8 Å². The van der Waals surface area contributed by atoms with E-state index in [1.807, 2.05) is 0 Å². The van der Waals surface area contributed by atoms with Crippen molar-refractivity contribution in [3.63, 3.8) is 0 Å². The maximum absolute atomic E-state index is 9.37. The lowest BCUT2D eigenvalue weighted by atomic mass is 9.99. The van der Waals surface area contributed by atoms with Crippen molar-refractivity contribution in [3.8, 4) is 0 Å². The lowest BCUT2D eigenvalue weighted by Gasteiger charge is -2.17. The molecule has 1 atom stereocenters. The number of aliphatic hydroxyl groups excluding tert-OH is 1. The van der Waals surface area contributed by atoms with Gasteiger partial charge in [0.15, 0.2) is 0 Å². The molecule has 0 saturated heterocycles. The largest absolute Gasteiger partial charge is 0.394 e. The Morgan fingerprint density at radius 1 is 1.19 bits per heavy atom. The molecule has 0 radical (unpaired) electrons. The van der Waals surface area contributed by atoms with Gasteiger partial charge in [-0.05, 0) is 29.9 Å². The van der Waals surface area contributed by atoms with Crippen LogP contribution < -0.4 is 5.32 Å². The van der Waals surface area contributed by atoms with Gasteiger partial charge in [-0.15, -0.1) is 0 Å². The van der Waals surface area contributed by atoms with E-state index >= 15 is 0 Å². The average molecular weight is 219 g/mol. The first-order valence-electron chi connectivity index (χ1n) is 6.17. The van der Waals surface area contributed by atoms with Gasteiger partial charge in [0, 0.05) is 6.04 Å². The van der Waals surface area contributed by atoms with Crippen LogP contribution in [0.4, 0.5) is 0 Å². The molecule has 0 aliphatic heterocycles. The number of hydrogen-bond donors (Lipinski definition) is 2. The van der Waals surface area contributed by atoms with Crippen LogP contribution >= 0.6 is 0 Å². The molecule has 1 aromatic rings. The van der Waals surface area contributed by atoms with Gasteiger partial charge < -0.3 is 10.4 Å². The van der Waals surface area contributed by atoms with Gasteiger partial charge in [-0.1, -0.05) is 38.1 Å². The van der Waals surface area contributed by atoms with E-state index in [1.165, 1.54) is 24.0 Å². The van der Waals surface area contributed by atoms with Crippen molar-refractivity contribution >= 4 is 0 Å². The van der Waals surface area contributed by atoms with E-state index in [0.29, 0.717) is 12.0 Å². The van der Waals surface area contributed by atoms with E-state index in [4.69, 9.17) is 0 Å². The fourth-order valence-electron chi connectivity index (χ4n) is 1.90. The lowest BCUT2D eigenvalue weighted by Crippen LogP contribution is -2.26. The third kappa shape index (κ3) is 2.83. The maximum Gasteiger partial charge on any atom is 0.0626 e. The predicted octanol–water partition coefficient (Wildman–Crippen LogP) is 2.60. The van der Waals surface area contributed by atoms with Crippen LogP contribution in [0.15, 0.2) is 24.3 Å². The highest BCUT2D eigenvalue weighted by Crippen LogP contribution is 2.25. The molecule has 0 spiro atoms. The summed E-state index contributed by atoms with van der Waals surface area (Å²) in [5.74, 6) is 0.568. The number of nitrogens with one attached hydrogen (secondary N) is 1. The molecule has 2 N–H and O–H groups in total. The van der Waals surface area contributed by atoms with Crippen molar-refractivity contribution < 1.29 is 5.11 Å². The minimum atomic E-state index is 0.105. The summed E-state index contributed by atoms with van der Waals surface area (Å²) in [6.07, 6.45) is 2.50. The third-order valence-corrected chi connectivity index (χ3v) is 3.20. The minimum Gasteiger partial charge on any atom is -0.394 e. The second-order valence-electron chi connectivity index (χ2n) is 5.00. The van der Waals surface area contributed by atoms with Crippen LogP contribution in [0, 0.1) is 0 Å². The second kappa shape index (κ2) is 4.98. The van der Waals surface area contributed by atoms with E-state index in [9.17, 15) is 5.11 Å². The predicted molar refractivity (Wildman–Crippen MR) is 66.5 cm³/mol. The number of aliphatic hydroxyl groups is 1. The summed E-state index contributed by atoms with van der Waals surface area (Å²) in [5, 5.41) is 12.8. The fraction of sp³-hybridized carbons (Fsp3) is 0.571. The molecule has 2 rings (SSSR count). The molecule has 88 valence electrons. The van der Waals surface area contributed by atoms with Gasteiger partial charge in [0.1, 0.15) is 0 Å². The first-order valence-corrected chi connectivity index (χ1v) is 6.17. The summed E-state index contributed by atoms with van der Waals surface area (Å²) in [5.41, 5.74) is 2.55. The van der Waals surface area contributed by atoms with Crippen molar-refractivity contribution in [3.05, 3.63) is 35.4 Å². The zero-order chi connectivity index (χ0) is 11.5. The summed E-state index contributed by atoms with van der Waals surface area (Å²) in [4.78, 5) is 0. The molecule has 0 bridgehead atoms. The molecule has 0 amide bonds. The zero-order valence-corrected chi connectivity index (χ0v) is 10.1. The molecule has 1 saturated carbocycles. The Labute approximate surface area is 97.7 Å². The summed E-state index contributed by atoms with van der Waals surface area (Å²) < 4.78 is 0. The smallest absolute Gasteiger partial charge is 0.0626 e. The number of rotatable bonds is 5. The number of benzene rings is 1. The topological polar surface area (TPSA) is 32.3 Å². The molecule has 16 heavy (non-hydrogen) atoms. The molecular weight excluding hydrogens is 198 g/mol. The van der Waals surface area contributed by atoms with Crippen LogP contribution in [0.25, 0.3) is 0 Å². The van der Waals surface area contributed by atoms with Crippen LogP contribution in [0.1, 0.15) is 49.8 Å². The van der Waals surface area contributed by atoms with Gasteiger partial charge in [-0.25, -0.2) is 0 Å². The highest BCUT2D eigenvalue weighted by Gasteiger charge is 2.24. The summed E-state index contributed by atoms with van der Waals surface area (Å²) >= 11 is 0.